The molecule has 2 aromatic carbocycles. The molecule has 136 valence electrons. The Morgan fingerprint density at radius 2 is 1.85 bits per heavy atom. The molecular weight excluding hydrogens is 398 g/mol. The highest BCUT2D eigenvalue weighted by molar-refractivity contribution is 9.10. The van der Waals surface area contributed by atoms with Gasteiger partial charge in [-0.25, -0.2) is 5.43 Å². The molecule has 0 bridgehead atoms. The van der Waals surface area contributed by atoms with Gasteiger partial charge >= 0.3 is 0 Å². The van der Waals surface area contributed by atoms with E-state index in [1.165, 1.54) is 12.3 Å². The lowest BCUT2D eigenvalue weighted by molar-refractivity contribution is -0.124. The average molecular weight is 418 g/mol. The number of carbonyl (C=O) groups excluding carboxylic acids is 2. The van der Waals surface area contributed by atoms with E-state index in [9.17, 15) is 14.7 Å². The predicted octanol–water partition coefficient (Wildman–Crippen LogP) is 3.64. The fourth-order valence-corrected chi connectivity index (χ4v) is 2.63. The van der Waals surface area contributed by atoms with E-state index in [2.05, 4.69) is 31.8 Å². The minimum atomic E-state index is -0.383. The number of rotatable bonds is 6. The van der Waals surface area contributed by atoms with Crippen molar-refractivity contribution in [2.75, 3.05) is 5.32 Å². The Kier molecular flexibility index (Phi) is 6.91. The molecular formula is C19H20BrN3O3. The van der Waals surface area contributed by atoms with Gasteiger partial charge in [0.25, 0.3) is 0 Å². The third kappa shape index (κ3) is 6.00. The summed E-state index contributed by atoms with van der Waals surface area (Å²) in [6, 6.07) is 10.6. The molecule has 0 aromatic heterocycles. The number of carbonyl (C=O) groups is 2. The molecule has 2 rings (SSSR count). The minimum Gasteiger partial charge on any atom is -0.507 e. The van der Waals surface area contributed by atoms with Crippen LogP contribution in [0.3, 0.4) is 0 Å². The Hall–Kier alpha value is -2.67. The van der Waals surface area contributed by atoms with E-state index in [1.807, 2.05) is 32.0 Å². The molecule has 0 aliphatic heterocycles. The summed E-state index contributed by atoms with van der Waals surface area (Å²) in [5.74, 6) is -0.564. The second-order valence-corrected chi connectivity index (χ2v) is 6.78. The molecule has 6 nitrogen and oxygen atoms in total. The predicted molar refractivity (Wildman–Crippen MR) is 105 cm³/mol. The Morgan fingerprint density at radius 1 is 1.12 bits per heavy atom. The summed E-state index contributed by atoms with van der Waals surface area (Å²) in [5.41, 5.74) is 5.64. The summed E-state index contributed by atoms with van der Waals surface area (Å²) in [6.45, 7) is 3.90. The monoisotopic (exact) mass is 417 g/mol. The number of anilines is 1. The second-order valence-electron chi connectivity index (χ2n) is 5.86. The first kappa shape index (κ1) is 19.7. The van der Waals surface area contributed by atoms with Crippen molar-refractivity contribution in [3.63, 3.8) is 0 Å². The maximum absolute atomic E-state index is 12.0. The lowest BCUT2D eigenvalue weighted by atomic mass is 10.1. The topological polar surface area (TPSA) is 90.8 Å². The number of benzene rings is 2. The normalized spacial score (nSPS) is 10.7. The van der Waals surface area contributed by atoms with E-state index >= 15 is 0 Å². The van der Waals surface area contributed by atoms with Crippen LogP contribution < -0.4 is 10.7 Å². The van der Waals surface area contributed by atoms with Crippen LogP contribution in [-0.2, 0) is 9.59 Å². The van der Waals surface area contributed by atoms with Gasteiger partial charge in [-0.05, 0) is 43.7 Å². The van der Waals surface area contributed by atoms with Crippen molar-refractivity contribution >= 4 is 39.6 Å². The number of aryl methyl sites for hydroxylation is 2. The number of nitrogens with zero attached hydrogens (tertiary/aromatic N) is 1. The number of nitrogens with one attached hydrogen (secondary N) is 2. The number of amides is 2. The fraction of sp³-hybridized carbons (Fsp3) is 0.211. The number of phenols is 1. The number of hydrazone groups is 1. The number of halogens is 1. The molecule has 2 aromatic rings. The number of aromatic hydroxyl groups is 1. The molecule has 2 amide bonds. The Labute approximate surface area is 160 Å². The zero-order valence-corrected chi connectivity index (χ0v) is 16.1. The van der Waals surface area contributed by atoms with Crippen LogP contribution in [0.1, 0.15) is 29.5 Å². The van der Waals surface area contributed by atoms with Crippen molar-refractivity contribution < 1.29 is 14.7 Å². The van der Waals surface area contributed by atoms with Gasteiger partial charge < -0.3 is 10.4 Å². The second kappa shape index (κ2) is 9.15. The van der Waals surface area contributed by atoms with Crippen molar-refractivity contribution in [3.05, 3.63) is 57.6 Å². The van der Waals surface area contributed by atoms with Crippen LogP contribution in [0.2, 0.25) is 0 Å². The van der Waals surface area contributed by atoms with Gasteiger partial charge in [0, 0.05) is 28.6 Å². The lowest BCUT2D eigenvalue weighted by Gasteiger charge is -2.08. The first-order chi connectivity index (χ1) is 12.3. The van der Waals surface area contributed by atoms with E-state index < -0.39 is 0 Å². The van der Waals surface area contributed by atoms with Gasteiger partial charge in [-0.3, -0.25) is 9.59 Å². The first-order valence-corrected chi connectivity index (χ1v) is 8.82. The molecule has 0 aliphatic rings. The van der Waals surface area contributed by atoms with Crippen LogP contribution in [0.25, 0.3) is 0 Å². The average Bonchev–Trinajstić information content (AvgIpc) is 2.58. The van der Waals surface area contributed by atoms with Crippen LogP contribution in [-0.4, -0.2) is 23.1 Å². The molecule has 0 unspecified atom stereocenters. The highest BCUT2D eigenvalue weighted by atomic mass is 79.9. The summed E-state index contributed by atoms with van der Waals surface area (Å²) >= 11 is 3.29. The zero-order chi connectivity index (χ0) is 19.1. The third-order valence-electron chi connectivity index (χ3n) is 3.62. The number of hydrogen-bond acceptors (Lipinski definition) is 4. The van der Waals surface area contributed by atoms with Crippen LogP contribution in [0, 0.1) is 13.8 Å². The van der Waals surface area contributed by atoms with E-state index in [-0.39, 0.29) is 30.4 Å². The summed E-state index contributed by atoms with van der Waals surface area (Å²) < 4.78 is 0.783. The van der Waals surface area contributed by atoms with Crippen LogP contribution in [0.15, 0.2) is 46.0 Å². The largest absolute Gasteiger partial charge is 0.507 e. The molecule has 0 atom stereocenters. The molecule has 0 fully saturated rings. The molecule has 26 heavy (non-hydrogen) atoms. The van der Waals surface area contributed by atoms with E-state index in [1.54, 1.807) is 12.1 Å². The minimum absolute atomic E-state index is 0.0124. The van der Waals surface area contributed by atoms with Crippen molar-refractivity contribution in [1.82, 2.24) is 5.43 Å². The molecule has 0 heterocycles. The quantitative estimate of drug-likeness (QED) is 0.494. The van der Waals surface area contributed by atoms with Gasteiger partial charge in [0.05, 0.1) is 6.21 Å². The highest BCUT2D eigenvalue weighted by Gasteiger charge is 2.08. The number of phenolic OH excluding ortho intramolecular Hbond substituents is 1. The molecule has 3 N–H and O–H groups in total. The fourth-order valence-electron chi connectivity index (χ4n) is 2.25. The first-order valence-electron chi connectivity index (χ1n) is 8.02. The van der Waals surface area contributed by atoms with Gasteiger partial charge in [0.2, 0.25) is 11.8 Å². The van der Waals surface area contributed by atoms with Crippen LogP contribution >= 0.6 is 15.9 Å². The third-order valence-corrected chi connectivity index (χ3v) is 4.11. The van der Waals surface area contributed by atoms with Gasteiger partial charge in [-0.1, -0.05) is 33.6 Å². The summed E-state index contributed by atoms with van der Waals surface area (Å²) in [7, 11) is 0. The van der Waals surface area contributed by atoms with Crippen molar-refractivity contribution in [3.8, 4) is 5.75 Å². The molecule has 0 aliphatic carbocycles. The maximum atomic E-state index is 12.0. The van der Waals surface area contributed by atoms with E-state index in [4.69, 9.17) is 0 Å². The molecule has 7 heteroatoms. The van der Waals surface area contributed by atoms with Gasteiger partial charge in [0.15, 0.2) is 0 Å². The smallest absolute Gasteiger partial charge is 0.240 e. The molecule has 0 saturated carbocycles. The lowest BCUT2D eigenvalue weighted by Crippen LogP contribution is -2.20. The van der Waals surface area contributed by atoms with Gasteiger partial charge in [-0.2, -0.15) is 5.10 Å². The van der Waals surface area contributed by atoms with Gasteiger partial charge in [-0.15, -0.1) is 0 Å². The maximum Gasteiger partial charge on any atom is 0.240 e. The SMILES string of the molecule is Cc1ccc(NC(=O)CCC(=O)N/N=C/c2cc(Br)ccc2O)c(C)c1. The van der Waals surface area contributed by atoms with Crippen molar-refractivity contribution in [2.24, 2.45) is 5.10 Å². The van der Waals surface area contributed by atoms with Crippen LogP contribution in [0.5, 0.6) is 5.75 Å². The van der Waals surface area contributed by atoms with Gasteiger partial charge in [0.1, 0.15) is 5.75 Å². The van der Waals surface area contributed by atoms with E-state index in [0.717, 1.165) is 21.3 Å². The summed E-state index contributed by atoms with van der Waals surface area (Å²) in [6.07, 6.45) is 1.41. The summed E-state index contributed by atoms with van der Waals surface area (Å²) in [5, 5.41) is 16.3. The highest BCUT2D eigenvalue weighted by Crippen LogP contribution is 2.20. The molecule has 0 saturated heterocycles. The zero-order valence-electron chi connectivity index (χ0n) is 14.5. The van der Waals surface area contributed by atoms with Crippen molar-refractivity contribution in [2.45, 2.75) is 26.7 Å². The van der Waals surface area contributed by atoms with Crippen molar-refractivity contribution in [1.29, 1.82) is 0 Å². The molecule has 0 radical (unpaired) electrons. The number of hydrogen-bond donors (Lipinski definition) is 3. The van der Waals surface area contributed by atoms with E-state index in [0.29, 0.717) is 5.56 Å². The summed E-state index contributed by atoms with van der Waals surface area (Å²) in [4.78, 5) is 23.7. The Morgan fingerprint density at radius 3 is 2.58 bits per heavy atom. The van der Waals surface area contributed by atoms with Crippen LogP contribution in [0.4, 0.5) is 5.69 Å². The Balaban J connectivity index is 1.80. The Bertz CT molecular complexity index is 850. The molecule has 0 spiro atoms. The standard InChI is InChI=1S/C19H20BrN3O3/c1-12-3-5-16(13(2)9-12)22-18(25)7-8-19(26)23-21-11-14-10-15(20)4-6-17(14)24/h3-6,9-11,24H,7-8H2,1-2H3,(H,22,25)(H,23,26)/b21-11+.